The minimum Gasteiger partial charge on any atom is -0.140 e. The second-order valence-corrected chi connectivity index (χ2v) is 17.9. The van der Waals surface area contributed by atoms with Crippen LogP contribution in [0.25, 0.3) is 41.7 Å². The molecule has 0 radical (unpaired) electrons. The van der Waals surface area contributed by atoms with Gasteiger partial charge in [0, 0.05) is 19.2 Å². The second-order valence-electron chi connectivity index (χ2n) is 15.8. The molecular weight excluding hydrogens is 545 g/mol. The maximum atomic E-state index is 2.48. The standard InChI is InChI=1S/C40H46S2/c1-37(2,3)33-23-25-21-32-26(22-31(25)41-33)24-34(42-32)39(7,8)19-20-40(9,10)36-29-17-13-11-15-27(29)35(38(4,5)6)28-16-12-14-18-30(28)36/h11-18,21-24H,19-20H2,1-10H3. The highest BCUT2D eigenvalue weighted by molar-refractivity contribution is 7.20. The van der Waals surface area contributed by atoms with Crippen LogP contribution in [0.4, 0.5) is 0 Å². The van der Waals surface area contributed by atoms with E-state index in [-0.39, 0.29) is 21.7 Å². The Bertz CT molecular complexity index is 1840. The summed E-state index contributed by atoms with van der Waals surface area (Å²) < 4.78 is 2.83. The predicted molar refractivity (Wildman–Crippen MR) is 191 cm³/mol. The summed E-state index contributed by atoms with van der Waals surface area (Å²) >= 11 is 3.95. The molecular formula is C40H46S2. The number of hydrogen-bond acceptors (Lipinski definition) is 2. The zero-order chi connectivity index (χ0) is 30.2. The molecule has 0 N–H and O–H groups in total. The van der Waals surface area contributed by atoms with Crippen molar-refractivity contribution >= 4 is 64.4 Å². The SMILES string of the molecule is CC(C)(C)c1cc2cc3sc(C(C)(C)CCC(C)(C)c4c5ccccc5c(C(C)(C)C)c5ccccc45)cc3cc2s1. The maximum Gasteiger partial charge on any atom is 0.0352 e. The molecule has 0 fully saturated rings. The third-order valence-electron chi connectivity index (χ3n) is 9.29. The van der Waals surface area contributed by atoms with E-state index in [0.29, 0.717) is 0 Å². The first-order valence-electron chi connectivity index (χ1n) is 15.5. The molecule has 0 spiro atoms. The molecule has 0 atom stereocenters. The van der Waals surface area contributed by atoms with E-state index in [1.807, 2.05) is 22.7 Å². The minimum atomic E-state index is 0.0234. The number of rotatable bonds is 5. The molecule has 218 valence electrons. The van der Waals surface area contributed by atoms with Gasteiger partial charge in [-0.1, -0.05) is 118 Å². The van der Waals surface area contributed by atoms with Crippen LogP contribution in [0.3, 0.4) is 0 Å². The Morgan fingerprint density at radius 1 is 0.452 bits per heavy atom. The zero-order valence-electron chi connectivity index (χ0n) is 27.2. The first kappa shape index (κ1) is 29.4. The van der Waals surface area contributed by atoms with Gasteiger partial charge in [0.05, 0.1) is 0 Å². The summed E-state index contributed by atoms with van der Waals surface area (Å²) in [5.74, 6) is 0. The highest BCUT2D eigenvalue weighted by Crippen LogP contribution is 2.47. The van der Waals surface area contributed by atoms with Gasteiger partial charge in [-0.05, 0) is 102 Å². The van der Waals surface area contributed by atoms with Gasteiger partial charge < -0.3 is 0 Å². The van der Waals surface area contributed by atoms with E-state index in [9.17, 15) is 0 Å². The predicted octanol–water partition coefficient (Wildman–Crippen LogP) is 13.1. The van der Waals surface area contributed by atoms with Gasteiger partial charge in [-0.25, -0.2) is 0 Å². The normalized spacial score (nSPS) is 13.7. The molecule has 4 aromatic carbocycles. The van der Waals surface area contributed by atoms with Crippen molar-refractivity contribution in [2.75, 3.05) is 0 Å². The van der Waals surface area contributed by atoms with E-state index < -0.39 is 0 Å². The van der Waals surface area contributed by atoms with Crippen molar-refractivity contribution in [1.29, 1.82) is 0 Å². The lowest BCUT2D eigenvalue weighted by molar-refractivity contribution is 0.382. The molecule has 0 aliphatic heterocycles. The van der Waals surface area contributed by atoms with Crippen LogP contribution in [-0.4, -0.2) is 0 Å². The van der Waals surface area contributed by atoms with Gasteiger partial charge in [0.15, 0.2) is 0 Å². The van der Waals surface area contributed by atoms with Crippen molar-refractivity contribution in [2.45, 2.75) is 104 Å². The molecule has 2 aromatic heterocycles. The van der Waals surface area contributed by atoms with Gasteiger partial charge in [0.2, 0.25) is 0 Å². The smallest absolute Gasteiger partial charge is 0.0352 e. The fourth-order valence-electron chi connectivity index (χ4n) is 6.81. The average Bonchev–Trinajstić information content (AvgIpc) is 3.52. The Kier molecular flexibility index (Phi) is 6.95. The molecule has 0 aliphatic carbocycles. The Labute approximate surface area is 260 Å². The highest BCUT2D eigenvalue weighted by Gasteiger charge is 2.32. The van der Waals surface area contributed by atoms with Crippen LogP contribution >= 0.6 is 22.7 Å². The largest absolute Gasteiger partial charge is 0.140 e. The third kappa shape index (κ3) is 5.09. The second kappa shape index (κ2) is 9.93. The monoisotopic (exact) mass is 590 g/mol. The number of hydrogen-bond donors (Lipinski definition) is 0. The van der Waals surface area contributed by atoms with Gasteiger partial charge in [0.1, 0.15) is 0 Å². The van der Waals surface area contributed by atoms with Gasteiger partial charge in [0.25, 0.3) is 0 Å². The van der Waals surface area contributed by atoms with Crippen LogP contribution < -0.4 is 0 Å². The molecule has 0 aliphatic rings. The molecule has 0 amide bonds. The zero-order valence-corrected chi connectivity index (χ0v) is 28.8. The van der Waals surface area contributed by atoms with Crippen molar-refractivity contribution in [1.82, 2.24) is 0 Å². The van der Waals surface area contributed by atoms with Crippen molar-refractivity contribution in [3.63, 3.8) is 0 Å². The molecule has 0 bridgehead atoms. The Balaban J connectivity index is 1.37. The molecule has 6 rings (SSSR count). The van der Waals surface area contributed by atoms with Gasteiger partial charge in [-0.3, -0.25) is 0 Å². The summed E-state index contributed by atoms with van der Waals surface area (Å²) in [6.45, 7) is 23.8. The van der Waals surface area contributed by atoms with E-state index in [4.69, 9.17) is 0 Å². The molecule has 0 saturated carbocycles. The van der Waals surface area contributed by atoms with E-state index in [1.165, 1.54) is 62.6 Å². The molecule has 0 nitrogen and oxygen atoms in total. The number of thiophene rings is 2. The Morgan fingerprint density at radius 3 is 1.31 bits per heavy atom. The Hall–Kier alpha value is -2.68. The summed E-state index contributed by atoms with van der Waals surface area (Å²) in [4.78, 5) is 2.97. The fraction of sp³-hybridized carbons (Fsp3) is 0.400. The fourth-order valence-corrected chi connectivity index (χ4v) is 9.19. The first-order valence-corrected chi connectivity index (χ1v) is 17.1. The Morgan fingerprint density at radius 2 is 0.857 bits per heavy atom. The lowest BCUT2D eigenvalue weighted by atomic mass is 9.70. The lowest BCUT2D eigenvalue weighted by Crippen LogP contribution is -2.25. The quantitative estimate of drug-likeness (QED) is 0.175. The topological polar surface area (TPSA) is 0 Å². The highest BCUT2D eigenvalue weighted by atomic mass is 32.1. The maximum absolute atomic E-state index is 2.48. The number of benzene rings is 4. The van der Waals surface area contributed by atoms with Gasteiger partial charge in [-0.2, -0.15) is 0 Å². The molecule has 0 unspecified atom stereocenters. The third-order valence-corrected chi connectivity index (χ3v) is 12.3. The van der Waals surface area contributed by atoms with Gasteiger partial charge >= 0.3 is 0 Å². The van der Waals surface area contributed by atoms with Crippen LogP contribution in [0, 0.1) is 0 Å². The van der Waals surface area contributed by atoms with Crippen molar-refractivity contribution in [3.8, 4) is 0 Å². The van der Waals surface area contributed by atoms with Crippen molar-refractivity contribution in [2.24, 2.45) is 0 Å². The summed E-state index contributed by atoms with van der Waals surface area (Å²) in [5, 5.41) is 8.44. The van der Waals surface area contributed by atoms with E-state index in [2.05, 4.69) is 142 Å². The summed E-state index contributed by atoms with van der Waals surface area (Å²) in [5.41, 5.74) is 3.35. The van der Waals surface area contributed by atoms with Crippen LogP contribution in [-0.2, 0) is 21.7 Å². The van der Waals surface area contributed by atoms with Crippen LogP contribution in [0.5, 0.6) is 0 Å². The van der Waals surface area contributed by atoms with Crippen LogP contribution in [0.15, 0.2) is 72.8 Å². The number of fused-ring (bicyclic) bond motifs is 4. The van der Waals surface area contributed by atoms with Crippen molar-refractivity contribution < 1.29 is 0 Å². The van der Waals surface area contributed by atoms with Crippen molar-refractivity contribution in [3.05, 3.63) is 93.7 Å². The molecule has 42 heavy (non-hydrogen) atoms. The summed E-state index contributed by atoms with van der Waals surface area (Å²) in [6.07, 6.45) is 2.26. The molecule has 0 saturated heterocycles. The van der Waals surface area contributed by atoms with Crippen LogP contribution in [0.2, 0.25) is 0 Å². The van der Waals surface area contributed by atoms with Crippen LogP contribution in [0.1, 0.15) is 103 Å². The minimum absolute atomic E-state index is 0.0234. The van der Waals surface area contributed by atoms with Gasteiger partial charge in [-0.15, -0.1) is 22.7 Å². The average molecular weight is 591 g/mol. The molecule has 2 heteroatoms. The van der Waals surface area contributed by atoms with E-state index >= 15 is 0 Å². The summed E-state index contributed by atoms with van der Waals surface area (Å²) in [7, 11) is 0. The van der Waals surface area contributed by atoms with E-state index in [1.54, 1.807) is 0 Å². The lowest BCUT2D eigenvalue weighted by Gasteiger charge is -2.35. The molecule has 6 aromatic rings. The molecule has 2 heterocycles. The first-order chi connectivity index (χ1) is 19.6. The summed E-state index contributed by atoms with van der Waals surface area (Å²) in [6, 6.07) is 28.0. The van der Waals surface area contributed by atoms with E-state index in [0.717, 1.165) is 12.8 Å².